The molecule has 4 unspecified atom stereocenters. The maximum atomic E-state index is 12.9. The van der Waals surface area contributed by atoms with Gasteiger partial charge < -0.3 is 15.0 Å². The number of hydrogen-bond donors (Lipinski definition) is 1. The van der Waals surface area contributed by atoms with Crippen molar-refractivity contribution < 1.29 is 14.3 Å². The Balaban J connectivity index is 1.78. The number of hydrogen-bond acceptors (Lipinski definition) is 3. The number of piperazine rings is 1. The standard InChI is InChI=1S/C16H26N2O3/c1-3-10(2)13-16(20)18(9-12-5-4-8-21-12)14(11-6-7-11)15(19)17-13/h10-14H,3-9H2,1-2H3,(H,17,19). The summed E-state index contributed by atoms with van der Waals surface area (Å²) >= 11 is 0. The first-order chi connectivity index (χ1) is 10.1. The van der Waals surface area contributed by atoms with Gasteiger partial charge in [-0.1, -0.05) is 20.3 Å². The van der Waals surface area contributed by atoms with E-state index in [1.807, 2.05) is 11.8 Å². The Morgan fingerprint density at radius 2 is 2.10 bits per heavy atom. The Labute approximate surface area is 126 Å². The molecule has 3 aliphatic rings. The summed E-state index contributed by atoms with van der Waals surface area (Å²) in [6, 6.07) is -0.624. The molecule has 0 spiro atoms. The maximum Gasteiger partial charge on any atom is 0.246 e. The lowest BCUT2D eigenvalue weighted by molar-refractivity contribution is -0.153. The van der Waals surface area contributed by atoms with Crippen molar-refractivity contribution in [2.75, 3.05) is 13.2 Å². The summed E-state index contributed by atoms with van der Waals surface area (Å²) in [5, 5.41) is 2.97. The van der Waals surface area contributed by atoms with Gasteiger partial charge in [-0.15, -0.1) is 0 Å². The highest BCUT2D eigenvalue weighted by molar-refractivity contribution is 5.97. The van der Waals surface area contributed by atoms with Crippen molar-refractivity contribution in [3.63, 3.8) is 0 Å². The molecule has 1 aliphatic carbocycles. The van der Waals surface area contributed by atoms with Crippen LogP contribution in [0, 0.1) is 11.8 Å². The molecule has 2 amide bonds. The van der Waals surface area contributed by atoms with Crippen LogP contribution in [0.2, 0.25) is 0 Å². The van der Waals surface area contributed by atoms with E-state index in [0.717, 1.165) is 38.7 Å². The molecule has 5 heteroatoms. The zero-order valence-electron chi connectivity index (χ0n) is 13.0. The van der Waals surface area contributed by atoms with Crippen LogP contribution >= 0.6 is 0 Å². The fourth-order valence-corrected chi connectivity index (χ4v) is 3.47. The average Bonchev–Trinajstić information content (AvgIpc) is 3.17. The second-order valence-corrected chi connectivity index (χ2v) is 6.78. The van der Waals surface area contributed by atoms with Crippen molar-refractivity contribution in [2.24, 2.45) is 11.8 Å². The molecule has 1 saturated carbocycles. The Hall–Kier alpha value is -1.10. The quantitative estimate of drug-likeness (QED) is 0.832. The SMILES string of the molecule is CCC(C)C1NC(=O)C(C2CC2)N(CC2CCCO2)C1=O. The number of nitrogens with one attached hydrogen (secondary N) is 1. The average molecular weight is 294 g/mol. The van der Waals surface area contributed by atoms with Crippen LogP contribution < -0.4 is 5.32 Å². The molecule has 118 valence electrons. The number of rotatable bonds is 5. The molecule has 0 aromatic carbocycles. The van der Waals surface area contributed by atoms with E-state index in [0.29, 0.717) is 12.5 Å². The van der Waals surface area contributed by atoms with Gasteiger partial charge in [-0.25, -0.2) is 0 Å². The minimum atomic E-state index is -0.362. The van der Waals surface area contributed by atoms with Crippen molar-refractivity contribution in [2.45, 2.75) is 64.1 Å². The summed E-state index contributed by atoms with van der Waals surface area (Å²) in [7, 11) is 0. The van der Waals surface area contributed by atoms with Gasteiger partial charge in [0.05, 0.1) is 6.10 Å². The van der Waals surface area contributed by atoms with Crippen molar-refractivity contribution in [1.82, 2.24) is 10.2 Å². The third kappa shape index (κ3) is 2.93. The van der Waals surface area contributed by atoms with Crippen molar-refractivity contribution in [3.8, 4) is 0 Å². The molecule has 2 aliphatic heterocycles. The molecule has 2 heterocycles. The summed E-state index contributed by atoms with van der Waals surface area (Å²) < 4.78 is 5.68. The van der Waals surface area contributed by atoms with E-state index in [1.165, 1.54) is 0 Å². The summed E-state index contributed by atoms with van der Waals surface area (Å²) in [4.78, 5) is 27.2. The molecule has 0 bridgehead atoms. The van der Waals surface area contributed by atoms with Crippen LogP contribution in [0.5, 0.6) is 0 Å². The normalized spacial score (nSPS) is 35.0. The minimum Gasteiger partial charge on any atom is -0.376 e. The van der Waals surface area contributed by atoms with Crippen LogP contribution in [0.3, 0.4) is 0 Å². The predicted octanol–water partition coefficient (Wildman–Crippen LogP) is 1.32. The lowest BCUT2D eigenvalue weighted by Crippen LogP contribution is -2.66. The van der Waals surface area contributed by atoms with Crippen LogP contribution in [0.4, 0.5) is 0 Å². The molecule has 3 fully saturated rings. The first-order valence-electron chi connectivity index (χ1n) is 8.34. The largest absolute Gasteiger partial charge is 0.376 e. The smallest absolute Gasteiger partial charge is 0.246 e. The Kier molecular flexibility index (Phi) is 4.20. The summed E-state index contributed by atoms with van der Waals surface area (Å²) in [5.41, 5.74) is 0. The van der Waals surface area contributed by atoms with Crippen LogP contribution in [-0.2, 0) is 14.3 Å². The lowest BCUT2D eigenvalue weighted by Gasteiger charge is -2.41. The van der Waals surface area contributed by atoms with E-state index in [4.69, 9.17) is 4.74 Å². The van der Waals surface area contributed by atoms with Gasteiger partial charge in [0.2, 0.25) is 11.8 Å². The molecule has 3 rings (SSSR count). The van der Waals surface area contributed by atoms with Gasteiger partial charge in [-0.05, 0) is 37.5 Å². The molecular weight excluding hydrogens is 268 g/mol. The van der Waals surface area contributed by atoms with Crippen LogP contribution in [0.15, 0.2) is 0 Å². The minimum absolute atomic E-state index is 0.0420. The first kappa shape index (κ1) is 14.8. The van der Waals surface area contributed by atoms with Crippen LogP contribution in [0.25, 0.3) is 0 Å². The van der Waals surface area contributed by atoms with Crippen molar-refractivity contribution in [1.29, 1.82) is 0 Å². The number of ether oxygens (including phenoxy) is 1. The molecule has 2 saturated heterocycles. The highest BCUT2D eigenvalue weighted by Crippen LogP contribution is 2.38. The van der Waals surface area contributed by atoms with Crippen molar-refractivity contribution in [3.05, 3.63) is 0 Å². The number of amides is 2. The molecular formula is C16H26N2O3. The fourth-order valence-electron chi connectivity index (χ4n) is 3.47. The van der Waals surface area contributed by atoms with E-state index < -0.39 is 0 Å². The lowest BCUT2D eigenvalue weighted by atomic mass is 9.92. The summed E-state index contributed by atoms with van der Waals surface area (Å²) in [6.07, 6.45) is 5.17. The predicted molar refractivity (Wildman–Crippen MR) is 78.6 cm³/mol. The third-order valence-electron chi connectivity index (χ3n) is 5.16. The second kappa shape index (κ2) is 5.95. The Morgan fingerprint density at radius 3 is 2.67 bits per heavy atom. The topological polar surface area (TPSA) is 58.6 Å². The van der Waals surface area contributed by atoms with E-state index >= 15 is 0 Å². The molecule has 4 atom stereocenters. The number of carbonyl (C=O) groups is 2. The first-order valence-corrected chi connectivity index (χ1v) is 8.34. The van der Waals surface area contributed by atoms with Gasteiger partial charge >= 0.3 is 0 Å². The molecule has 0 radical (unpaired) electrons. The highest BCUT2D eigenvalue weighted by atomic mass is 16.5. The molecule has 21 heavy (non-hydrogen) atoms. The Bertz CT molecular complexity index is 416. The van der Waals surface area contributed by atoms with E-state index in [1.54, 1.807) is 0 Å². The van der Waals surface area contributed by atoms with E-state index in [2.05, 4.69) is 12.2 Å². The summed E-state index contributed by atoms with van der Waals surface area (Å²) in [5.74, 6) is 0.665. The van der Waals surface area contributed by atoms with Gasteiger partial charge in [-0.3, -0.25) is 9.59 Å². The van der Waals surface area contributed by atoms with Gasteiger partial charge in [0, 0.05) is 13.2 Å². The second-order valence-electron chi connectivity index (χ2n) is 6.78. The van der Waals surface area contributed by atoms with Gasteiger partial charge in [-0.2, -0.15) is 0 Å². The van der Waals surface area contributed by atoms with Crippen molar-refractivity contribution >= 4 is 11.8 Å². The maximum absolute atomic E-state index is 12.9. The molecule has 0 aromatic heterocycles. The van der Waals surface area contributed by atoms with Gasteiger partial charge in [0.1, 0.15) is 12.1 Å². The van der Waals surface area contributed by atoms with Gasteiger partial charge in [0.25, 0.3) is 0 Å². The summed E-state index contributed by atoms with van der Waals surface area (Å²) in [6.45, 7) is 5.45. The van der Waals surface area contributed by atoms with Crippen LogP contribution in [0.1, 0.15) is 46.0 Å². The molecule has 0 aromatic rings. The Morgan fingerprint density at radius 1 is 1.33 bits per heavy atom. The monoisotopic (exact) mass is 294 g/mol. The molecule has 5 nitrogen and oxygen atoms in total. The van der Waals surface area contributed by atoms with E-state index in [-0.39, 0.29) is 35.9 Å². The zero-order chi connectivity index (χ0) is 15.0. The fraction of sp³-hybridized carbons (Fsp3) is 0.875. The molecule has 1 N–H and O–H groups in total. The third-order valence-corrected chi connectivity index (χ3v) is 5.16. The zero-order valence-corrected chi connectivity index (χ0v) is 13.0. The number of nitrogens with zero attached hydrogens (tertiary/aromatic N) is 1. The van der Waals surface area contributed by atoms with Gasteiger partial charge in [0.15, 0.2) is 0 Å². The van der Waals surface area contributed by atoms with Crippen LogP contribution in [-0.4, -0.2) is 48.1 Å². The van der Waals surface area contributed by atoms with E-state index in [9.17, 15) is 9.59 Å². The number of carbonyl (C=O) groups excluding carboxylic acids is 2. The highest BCUT2D eigenvalue weighted by Gasteiger charge is 2.49.